The maximum atomic E-state index is 12.9. The molecule has 76 valence electrons. The van der Waals surface area contributed by atoms with Gasteiger partial charge in [0.15, 0.2) is 11.5 Å². The van der Waals surface area contributed by atoms with Crippen LogP contribution in [0.1, 0.15) is 22.6 Å². The Bertz CT molecular complexity index is 383. The van der Waals surface area contributed by atoms with E-state index in [-0.39, 0.29) is 0 Å². The molecular formula is C7H3ClF3NO2. The number of carbonyl (C=O) groups is 1. The van der Waals surface area contributed by atoms with E-state index in [9.17, 15) is 18.0 Å². The maximum Gasteiger partial charge on any atom is 0.357 e. The van der Waals surface area contributed by atoms with Crippen molar-refractivity contribution in [2.75, 3.05) is 0 Å². The number of aromatic nitrogens is 1. The molecule has 0 amide bonds. The normalized spacial score (nSPS) is 10.6. The number of halogens is 4. The first-order chi connectivity index (χ1) is 6.43. The zero-order chi connectivity index (χ0) is 10.9. The van der Waals surface area contributed by atoms with Gasteiger partial charge in [-0.15, -0.1) is 0 Å². The highest BCUT2D eigenvalue weighted by Gasteiger charge is 2.20. The van der Waals surface area contributed by atoms with Gasteiger partial charge in [-0.25, -0.2) is 22.9 Å². The van der Waals surface area contributed by atoms with Crippen molar-refractivity contribution in [2.24, 2.45) is 0 Å². The van der Waals surface area contributed by atoms with Crippen LogP contribution in [0.4, 0.5) is 13.2 Å². The molecule has 1 aromatic rings. The van der Waals surface area contributed by atoms with E-state index in [2.05, 4.69) is 4.98 Å². The van der Waals surface area contributed by atoms with Gasteiger partial charge >= 0.3 is 5.97 Å². The molecule has 3 nitrogen and oxygen atoms in total. The van der Waals surface area contributed by atoms with Crippen LogP contribution in [0.3, 0.4) is 0 Å². The van der Waals surface area contributed by atoms with Crippen molar-refractivity contribution in [2.45, 2.75) is 6.43 Å². The van der Waals surface area contributed by atoms with E-state index in [4.69, 9.17) is 16.7 Å². The Hall–Kier alpha value is -1.30. The monoisotopic (exact) mass is 225 g/mol. The summed E-state index contributed by atoms with van der Waals surface area (Å²) in [6.07, 6.45) is -2.99. The molecule has 0 aliphatic heterocycles. The number of hydrogen-bond donors (Lipinski definition) is 1. The van der Waals surface area contributed by atoms with E-state index in [0.29, 0.717) is 6.07 Å². The highest BCUT2D eigenvalue weighted by Crippen LogP contribution is 2.24. The zero-order valence-electron chi connectivity index (χ0n) is 6.47. The first kappa shape index (κ1) is 10.8. The van der Waals surface area contributed by atoms with Crippen molar-refractivity contribution >= 4 is 17.6 Å². The topological polar surface area (TPSA) is 50.2 Å². The third-order valence-electron chi connectivity index (χ3n) is 1.36. The van der Waals surface area contributed by atoms with E-state index < -0.39 is 34.6 Å². The molecule has 14 heavy (non-hydrogen) atoms. The largest absolute Gasteiger partial charge is 0.476 e. The molecular weight excluding hydrogens is 223 g/mol. The fraction of sp³-hybridized carbons (Fsp3) is 0.143. The Morgan fingerprint density at radius 2 is 2.14 bits per heavy atom. The zero-order valence-corrected chi connectivity index (χ0v) is 7.23. The SMILES string of the molecule is O=C(O)c1nc(C(F)F)cc(Cl)c1F. The standard InChI is InChI=1S/C7H3ClF3NO2/c8-2-1-3(6(10)11)12-5(4(2)9)7(13)14/h1,6H,(H,13,14). The average Bonchev–Trinajstić information content (AvgIpc) is 2.08. The minimum Gasteiger partial charge on any atom is -0.476 e. The van der Waals surface area contributed by atoms with E-state index in [1.54, 1.807) is 0 Å². The van der Waals surface area contributed by atoms with Crippen LogP contribution in [0.2, 0.25) is 5.02 Å². The number of rotatable bonds is 2. The van der Waals surface area contributed by atoms with Gasteiger partial charge in [0.2, 0.25) is 0 Å². The van der Waals surface area contributed by atoms with Gasteiger partial charge < -0.3 is 5.11 Å². The fourth-order valence-corrected chi connectivity index (χ4v) is 0.972. The highest BCUT2D eigenvalue weighted by atomic mass is 35.5. The van der Waals surface area contributed by atoms with E-state index in [1.807, 2.05) is 0 Å². The van der Waals surface area contributed by atoms with Crippen LogP contribution in [0.15, 0.2) is 6.07 Å². The second-order valence-corrected chi connectivity index (χ2v) is 2.70. The summed E-state index contributed by atoms with van der Waals surface area (Å²) >= 11 is 5.20. The summed E-state index contributed by atoms with van der Waals surface area (Å²) in [6.45, 7) is 0. The maximum absolute atomic E-state index is 12.9. The summed E-state index contributed by atoms with van der Waals surface area (Å²) in [5, 5.41) is 7.70. The summed E-state index contributed by atoms with van der Waals surface area (Å²) < 4.78 is 37.0. The molecule has 0 aliphatic rings. The van der Waals surface area contributed by atoms with Gasteiger partial charge in [0.05, 0.1) is 5.02 Å². The van der Waals surface area contributed by atoms with Gasteiger partial charge in [0, 0.05) is 0 Å². The lowest BCUT2D eigenvalue weighted by Gasteiger charge is -2.03. The van der Waals surface area contributed by atoms with Gasteiger partial charge in [0.1, 0.15) is 5.69 Å². The molecule has 0 aliphatic carbocycles. The number of carboxylic acid groups (broad SMARTS) is 1. The first-order valence-electron chi connectivity index (χ1n) is 3.31. The van der Waals surface area contributed by atoms with Gasteiger partial charge in [-0.3, -0.25) is 0 Å². The van der Waals surface area contributed by atoms with E-state index >= 15 is 0 Å². The van der Waals surface area contributed by atoms with Gasteiger partial charge in [-0.2, -0.15) is 0 Å². The van der Waals surface area contributed by atoms with Gasteiger partial charge in [-0.1, -0.05) is 11.6 Å². The highest BCUT2D eigenvalue weighted by molar-refractivity contribution is 6.31. The molecule has 1 rings (SSSR count). The van der Waals surface area contributed by atoms with Crippen molar-refractivity contribution in [1.29, 1.82) is 0 Å². The molecule has 7 heteroatoms. The lowest BCUT2D eigenvalue weighted by molar-refractivity contribution is 0.0683. The third-order valence-corrected chi connectivity index (χ3v) is 1.63. The van der Waals surface area contributed by atoms with Crippen LogP contribution in [-0.4, -0.2) is 16.1 Å². The van der Waals surface area contributed by atoms with Gasteiger partial charge in [-0.05, 0) is 6.07 Å². The summed E-state index contributed by atoms with van der Waals surface area (Å²) in [7, 11) is 0. The first-order valence-corrected chi connectivity index (χ1v) is 3.68. The molecule has 1 heterocycles. The minimum absolute atomic E-state index is 0.591. The third kappa shape index (κ3) is 1.95. The van der Waals surface area contributed by atoms with Crippen LogP contribution in [0, 0.1) is 5.82 Å². The van der Waals surface area contributed by atoms with Crippen molar-refractivity contribution in [1.82, 2.24) is 4.98 Å². The minimum atomic E-state index is -2.99. The second kappa shape index (κ2) is 3.83. The molecule has 0 saturated heterocycles. The Balaban J connectivity index is 3.35. The van der Waals surface area contributed by atoms with Crippen LogP contribution < -0.4 is 0 Å². The van der Waals surface area contributed by atoms with Crippen LogP contribution >= 0.6 is 11.6 Å². The Labute approximate surface area is 81.1 Å². The number of hydrogen-bond acceptors (Lipinski definition) is 2. The summed E-state index contributed by atoms with van der Waals surface area (Å²) in [5.74, 6) is -3.06. The van der Waals surface area contributed by atoms with E-state index in [0.717, 1.165) is 0 Å². The second-order valence-electron chi connectivity index (χ2n) is 2.30. The number of aromatic carboxylic acids is 1. The molecule has 0 atom stereocenters. The van der Waals surface area contributed by atoms with Crippen LogP contribution in [0.5, 0.6) is 0 Å². The van der Waals surface area contributed by atoms with Crippen molar-refractivity contribution < 1.29 is 23.1 Å². The number of alkyl halides is 2. The summed E-state index contributed by atoms with van der Waals surface area (Å²) in [5.41, 5.74) is -1.97. The quantitative estimate of drug-likeness (QED) is 0.841. The van der Waals surface area contributed by atoms with Gasteiger partial charge in [0.25, 0.3) is 6.43 Å². The van der Waals surface area contributed by atoms with Crippen LogP contribution in [0.25, 0.3) is 0 Å². The number of nitrogens with zero attached hydrogens (tertiary/aromatic N) is 1. The molecule has 0 spiro atoms. The van der Waals surface area contributed by atoms with Crippen LogP contribution in [-0.2, 0) is 0 Å². The summed E-state index contributed by atoms with van der Waals surface area (Å²) in [6, 6.07) is 0.591. The molecule has 0 bridgehead atoms. The smallest absolute Gasteiger partial charge is 0.357 e. The van der Waals surface area contributed by atoms with Crippen molar-refractivity contribution in [3.8, 4) is 0 Å². The number of carboxylic acids is 1. The fourth-order valence-electron chi connectivity index (χ4n) is 0.770. The number of pyridine rings is 1. The molecule has 1 N–H and O–H groups in total. The van der Waals surface area contributed by atoms with E-state index in [1.165, 1.54) is 0 Å². The Morgan fingerprint density at radius 3 is 2.57 bits per heavy atom. The Morgan fingerprint density at radius 1 is 1.57 bits per heavy atom. The average molecular weight is 226 g/mol. The lowest BCUT2D eigenvalue weighted by Crippen LogP contribution is -2.07. The molecule has 0 fully saturated rings. The Kier molecular flexibility index (Phi) is 2.95. The van der Waals surface area contributed by atoms with Crippen molar-refractivity contribution in [3.63, 3.8) is 0 Å². The molecule has 0 unspecified atom stereocenters. The predicted octanol–water partition coefficient (Wildman–Crippen LogP) is 2.51. The molecule has 0 aromatic carbocycles. The molecule has 1 aromatic heterocycles. The predicted molar refractivity (Wildman–Crippen MR) is 41.1 cm³/mol. The van der Waals surface area contributed by atoms with Crippen molar-refractivity contribution in [3.05, 3.63) is 28.3 Å². The molecule has 0 saturated carbocycles. The summed E-state index contributed by atoms with van der Waals surface area (Å²) in [4.78, 5) is 13.3. The molecule has 0 radical (unpaired) electrons. The lowest BCUT2D eigenvalue weighted by atomic mass is 10.3.